The Labute approximate surface area is 89.5 Å². The number of fused-ring (bicyclic) bond motifs is 3. The highest BCUT2D eigenvalue weighted by Crippen LogP contribution is 2.33. The molecule has 0 amide bonds. The van der Waals surface area contributed by atoms with Gasteiger partial charge < -0.3 is 9.30 Å². The topological polar surface area (TPSA) is 14.2 Å². The molecule has 0 saturated carbocycles. The molecule has 0 unspecified atom stereocenters. The van der Waals surface area contributed by atoms with Gasteiger partial charge in [0, 0.05) is 24.2 Å². The van der Waals surface area contributed by atoms with E-state index >= 15 is 0 Å². The van der Waals surface area contributed by atoms with Gasteiger partial charge in [0.1, 0.15) is 5.75 Å². The maximum Gasteiger partial charge on any atom is 0.120 e. The Morgan fingerprint density at radius 2 is 2.13 bits per heavy atom. The Balaban J connectivity index is 2.34. The van der Waals surface area contributed by atoms with Crippen LogP contribution < -0.4 is 4.74 Å². The van der Waals surface area contributed by atoms with E-state index < -0.39 is 0 Å². The number of nitrogens with zero attached hydrogens (tertiary/aromatic N) is 1. The fourth-order valence-corrected chi connectivity index (χ4v) is 2.70. The van der Waals surface area contributed by atoms with Gasteiger partial charge >= 0.3 is 0 Å². The van der Waals surface area contributed by atoms with E-state index in [1.54, 1.807) is 12.7 Å². The lowest BCUT2D eigenvalue weighted by atomic mass is 10.1. The van der Waals surface area contributed by atoms with Crippen LogP contribution in [0.1, 0.15) is 17.7 Å². The van der Waals surface area contributed by atoms with E-state index in [-0.39, 0.29) is 0 Å². The lowest BCUT2D eigenvalue weighted by Crippen LogP contribution is -1.93. The number of rotatable bonds is 1. The third kappa shape index (κ3) is 1.11. The Morgan fingerprint density at radius 3 is 2.93 bits per heavy atom. The van der Waals surface area contributed by atoms with Crippen molar-refractivity contribution < 1.29 is 4.74 Å². The van der Waals surface area contributed by atoms with Gasteiger partial charge in [0.2, 0.25) is 0 Å². The van der Waals surface area contributed by atoms with Crippen molar-refractivity contribution >= 4 is 10.9 Å². The Morgan fingerprint density at radius 1 is 1.27 bits per heavy atom. The minimum Gasteiger partial charge on any atom is -0.497 e. The molecule has 1 aromatic carbocycles. The van der Waals surface area contributed by atoms with E-state index in [1.807, 2.05) is 0 Å². The Bertz CT molecular complexity index is 525. The van der Waals surface area contributed by atoms with Crippen molar-refractivity contribution in [1.82, 2.24) is 4.57 Å². The molecule has 0 N–H and O–H groups in total. The largest absolute Gasteiger partial charge is 0.497 e. The first-order chi connectivity index (χ1) is 7.31. The van der Waals surface area contributed by atoms with Gasteiger partial charge in [-0.3, -0.25) is 0 Å². The second-order valence-corrected chi connectivity index (χ2v) is 4.22. The van der Waals surface area contributed by atoms with Crippen molar-refractivity contribution in [2.45, 2.75) is 19.3 Å². The summed E-state index contributed by atoms with van der Waals surface area (Å²) in [5, 5.41) is 1.41. The summed E-state index contributed by atoms with van der Waals surface area (Å²) in [7, 11) is 3.88. The van der Waals surface area contributed by atoms with Gasteiger partial charge in [0.25, 0.3) is 0 Å². The summed E-state index contributed by atoms with van der Waals surface area (Å²) in [6.45, 7) is 0. The van der Waals surface area contributed by atoms with Crippen molar-refractivity contribution in [3.05, 3.63) is 29.5 Å². The van der Waals surface area contributed by atoms with Gasteiger partial charge in [-0.2, -0.15) is 0 Å². The number of hydrogen-bond donors (Lipinski definition) is 0. The summed E-state index contributed by atoms with van der Waals surface area (Å²) < 4.78 is 7.58. The van der Waals surface area contributed by atoms with Crippen LogP contribution in [-0.4, -0.2) is 11.7 Å². The first-order valence-corrected chi connectivity index (χ1v) is 5.45. The average Bonchev–Trinajstić information content (AvgIpc) is 2.83. The smallest absolute Gasteiger partial charge is 0.120 e. The molecule has 2 nitrogen and oxygen atoms in total. The SMILES string of the molecule is COc1ccc2c3c(n(C)c2c1)CCC3. The summed E-state index contributed by atoms with van der Waals surface area (Å²) in [5.41, 5.74) is 4.37. The van der Waals surface area contributed by atoms with Gasteiger partial charge in [-0.15, -0.1) is 0 Å². The molecule has 15 heavy (non-hydrogen) atoms. The summed E-state index contributed by atoms with van der Waals surface area (Å²) in [5.74, 6) is 0.946. The van der Waals surface area contributed by atoms with Crippen LogP contribution in [0.2, 0.25) is 0 Å². The maximum absolute atomic E-state index is 5.26. The standard InChI is InChI=1S/C13H15NO/c1-14-12-5-3-4-10(12)11-7-6-9(15-2)8-13(11)14/h6-8H,3-5H2,1-2H3. The van der Waals surface area contributed by atoms with E-state index in [4.69, 9.17) is 4.74 Å². The fourth-order valence-electron chi connectivity index (χ4n) is 2.70. The molecule has 1 aliphatic carbocycles. The summed E-state index contributed by atoms with van der Waals surface area (Å²) >= 11 is 0. The van der Waals surface area contributed by atoms with E-state index in [0.29, 0.717) is 0 Å². The minimum atomic E-state index is 0.946. The van der Waals surface area contributed by atoms with Gasteiger partial charge in [0.15, 0.2) is 0 Å². The summed E-state index contributed by atoms with van der Waals surface area (Å²) in [6.07, 6.45) is 3.77. The second-order valence-electron chi connectivity index (χ2n) is 4.22. The minimum absolute atomic E-state index is 0.946. The number of hydrogen-bond acceptors (Lipinski definition) is 1. The number of ether oxygens (including phenoxy) is 1. The molecule has 0 saturated heterocycles. The first-order valence-electron chi connectivity index (χ1n) is 5.45. The molecule has 2 aromatic rings. The molecule has 2 heteroatoms. The molecule has 0 atom stereocenters. The molecule has 1 heterocycles. The van der Waals surface area contributed by atoms with E-state index in [1.165, 1.54) is 35.9 Å². The van der Waals surface area contributed by atoms with Crippen molar-refractivity contribution in [3.63, 3.8) is 0 Å². The van der Waals surface area contributed by atoms with Gasteiger partial charge in [-0.1, -0.05) is 0 Å². The zero-order valence-electron chi connectivity index (χ0n) is 9.21. The van der Waals surface area contributed by atoms with Crippen LogP contribution in [0.25, 0.3) is 10.9 Å². The number of aromatic nitrogens is 1. The molecule has 0 spiro atoms. The summed E-state index contributed by atoms with van der Waals surface area (Å²) in [4.78, 5) is 0. The molecule has 0 bridgehead atoms. The number of aryl methyl sites for hydroxylation is 2. The highest BCUT2D eigenvalue weighted by atomic mass is 16.5. The monoisotopic (exact) mass is 201 g/mol. The van der Waals surface area contributed by atoms with Gasteiger partial charge in [0.05, 0.1) is 12.6 Å². The van der Waals surface area contributed by atoms with Gasteiger partial charge in [-0.25, -0.2) is 0 Å². The maximum atomic E-state index is 5.26. The van der Waals surface area contributed by atoms with E-state index in [2.05, 4.69) is 29.8 Å². The highest BCUT2D eigenvalue weighted by Gasteiger charge is 2.19. The number of methoxy groups -OCH3 is 1. The Kier molecular flexibility index (Phi) is 1.78. The zero-order valence-corrected chi connectivity index (χ0v) is 9.21. The average molecular weight is 201 g/mol. The van der Waals surface area contributed by atoms with E-state index in [0.717, 1.165) is 5.75 Å². The molecule has 3 rings (SSSR count). The Hall–Kier alpha value is -1.44. The zero-order chi connectivity index (χ0) is 10.4. The molecular formula is C13H15NO. The predicted molar refractivity (Wildman–Crippen MR) is 61.5 cm³/mol. The molecule has 0 radical (unpaired) electrons. The van der Waals surface area contributed by atoms with Crippen molar-refractivity contribution in [1.29, 1.82) is 0 Å². The lowest BCUT2D eigenvalue weighted by molar-refractivity contribution is 0.415. The third-order valence-corrected chi connectivity index (χ3v) is 3.48. The molecule has 0 aliphatic heterocycles. The van der Waals surface area contributed by atoms with Crippen LogP contribution in [-0.2, 0) is 19.9 Å². The lowest BCUT2D eigenvalue weighted by Gasteiger charge is -2.03. The van der Waals surface area contributed by atoms with Crippen molar-refractivity contribution in [2.24, 2.45) is 7.05 Å². The van der Waals surface area contributed by atoms with Crippen LogP contribution >= 0.6 is 0 Å². The molecular weight excluding hydrogens is 186 g/mol. The van der Waals surface area contributed by atoms with Crippen LogP contribution in [0.5, 0.6) is 5.75 Å². The third-order valence-electron chi connectivity index (χ3n) is 3.48. The quantitative estimate of drug-likeness (QED) is 0.692. The van der Waals surface area contributed by atoms with Gasteiger partial charge in [-0.05, 0) is 37.0 Å². The van der Waals surface area contributed by atoms with Crippen LogP contribution in [0, 0.1) is 0 Å². The second kappa shape index (κ2) is 3.02. The van der Waals surface area contributed by atoms with E-state index in [9.17, 15) is 0 Å². The fraction of sp³-hybridized carbons (Fsp3) is 0.385. The van der Waals surface area contributed by atoms with Crippen molar-refractivity contribution in [3.8, 4) is 5.75 Å². The highest BCUT2D eigenvalue weighted by molar-refractivity contribution is 5.87. The summed E-state index contributed by atoms with van der Waals surface area (Å²) in [6, 6.07) is 6.38. The molecule has 1 aromatic heterocycles. The molecule has 0 fully saturated rings. The first kappa shape index (κ1) is 8.84. The normalized spacial score (nSPS) is 14.5. The molecule has 78 valence electrons. The van der Waals surface area contributed by atoms with Crippen LogP contribution in [0.4, 0.5) is 0 Å². The molecule has 1 aliphatic rings. The van der Waals surface area contributed by atoms with Crippen molar-refractivity contribution in [2.75, 3.05) is 7.11 Å². The van der Waals surface area contributed by atoms with Crippen LogP contribution in [0.15, 0.2) is 18.2 Å². The van der Waals surface area contributed by atoms with Crippen LogP contribution in [0.3, 0.4) is 0 Å². The number of benzene rings is 1. The predicted octanol–water partition coefficient (Wildman–Crippen LogP) is 2.68.